The van der Waals surface area contributed by atoms with Crippen molar-refractivity contribution in [1.29, 1.82) is 0 Å². The van der Waals surface area contributed by atoms with E-state index in [9.17, 15) is 9.59 Å². The largest absolute Gasteiger partial charge is 0.451 e. The third kappa shape index (κ3) is 4.38. The van der Waals surface area contributed by atoms with E-state index >= 15 is 0 Å². The van der Waals surface area contributed by atoms with Crippen LogP contribution in [0.25, 0.3) is 10.1 Å². The summed E-state index contributed by atoms with van der Waals surface area (Å²) in [6, 6.07) is 17.3. The first-order valence-corrected chi connectivity index (χ1v) is 8.99. The molecule has 0 fully saturated rings. The molecule has 25 heavy (non-hydrogen) atoms. The maximum absolute atomic E-state index is 12.2. The number of hydrogen-bond acceptors (Lipinski definition) is 4. The summed E-state index contributed by atoms with van der Waals surface area (Å²) >= 11 is 7.49. The van der Waals surface area contributed by atoms with Crippen LogP contribution in [0.3, 0.4) is 0 Å². The average Bonchev–Trinajstić information content (AvgIpc) is 2.98. The van der Waals surface area contributed by atoms with Gasteiger partial charge in [0.1, 0.15) is 4.88 Å². The molecule has 1 aromatic heterocycles. The van der Waals surface area contributed by atoms with Crippen molar-refractivity contribution < 1.29 is 14.3 Å². The average molecular weight is 374 g/mol. The fraction of sp³-hybridized carbons (Fsp3) is 0.158. The summed E-state index contributed by atoms with van der Waals surface area (Å²) in [4.78, 5) is 24.3. The van der Waals surface area contributed by atoms with Gasteiger partial charge in [0.25, 0.3) is 5.91 Å². The van der Waals surface area contributed by atoms with Gasteiger partial charge in [0, 0.05) is 16.6 Å². The van der Waals surface area contributed by atoms with Crippen molar-refractivity contribution in [1.82, 2.24) is 5.32 Å². The molecular formula is C19H16ClNO3S. The van der Waals surface area contributed by atoms with Crippen molar-refractivity contribution in [2.75, 3.05) is 13.2 Å². The Kier molecular flexibility index (Phi) is 5.68. The van der Waals surface area contributed by atoms with Crippen LogP contribution in [0.5, 0.6) is 0 Å². The van der Waals surface area contributed by atoms with E-state index in [1.165, 1.54) is 11.3 Å². The molecule has 0 bridgehead atoms. The summed E-state index contributed by atoms with van der Waals surface area (Å²) in [6.07, 6.45) is 0.725. The summed E-state index contributed by atoms with van der Waals surface area (Å²) in [7, 11) is 0. The molecule has 1 amide bonds. The summed E-state index contributed by atoms with van der Waals surface area (Å²) < 4.78 is 5.99. The molecular weight excluding hydrogens is 358 g/mol. The predicted octanol–water partition coefficient (Wildman–Crippen LogP) is 4.07. The van der Waals surface area contributed by atoms with Crippen LogP contribution in [-0.4, -0.2) is 25.0 Å². The number of fused-ring (bicyclic) bond motifs is 1. The van der Waals surface area contributed by atoms with E-state index in [-0.39, 0.29) is 12.5 Å². The van der Waals surface area contributed by atoms with Crippen LogP contribution in [0, 0.1) is 0 Å². The molecule has 3 aromatic rings. The van der Waals surface area contributed by atoms with Crippen molar-refractivity contribution >= 4 is 44.9 Å². The Morgan fingerprint density at radius 3 is 2.52 bits per heavy atom. The second-order valence-electron chi connectivity index (χ2n) is 5.40. The SMILES string of the molecule is O=C(COC(=O)c1sc2ccccc2c1Cl)NCCc1ccccc1. The summed E-state index contributed by atoms with van der Waals surface area (Å²) in [6.45, 7) is 0.169. The van der Waals surface area contributed by atoms with E-state index in [4.69, 9.17) is 16.3 Å². The maximum atomic E-state index is 12.2. The number of carbonyl (C=O) groups excluding carboxylic acids is 2. The molecule has 1 heterocycles. The normalized spacial score (nSPS) is 10.6. The van der Waals surface area contributed by atoms with E-state index in [1.54, 1.807) is 0 Å². The lowest BCUT2D eigenvalue weighted by Crippen LogP contribution is -2.30. The van der Waals surface area contributed by atoms with Crippen molar-refractivity contribution in [2.24, 2.45) is 0 Å². The fourth-order valence-corrected chi connectivity index (χ4v) is 3.79. The highest BCUT2D eigenvalue weighted by atomic mass is 35.5. The van der Waals surface area contributed by atoms with E-state index < -0.39 is 5.97 Å². The molecule has 0 aliphatic heterocycles. The lowest BCUT2D eigenvalue weighted by molar-refractivity contribution is -0.124. The lowest BCUT2D eigenvalue weighted by Gasteiger charge is -2.06. The van der Waals surface area contributed by atoms with Gasteiger partial charge in [-0.05, 0) is 18.1 Å². The van der Waals surface area contributed by atoms with E-state index in [0.29, 0.717) is 16.4 Å². The predicted molar refractivity (Wildman–Crippen MR) is 100 cm³/mol. The molecule has 128 valence electrons. The van der Waals surface area contributed by atoms with Gasteiger partial charge >= 0.3 is 5.97 Å². The number of nitrogens with one attached hydrogen (secondary N) is 1. The number of carbonyl (C=O) groups is 2. The molecule has 3 rings (SSSR count). The van der Waals surface area contributed by atoms with E-state index in [0.717, 1.165) is 22.1 Å². The van der Waals surface area contributed by atoms with Crippen LogP contribution >= 0.6 is 22.9 Å². The zero-order valence-corrected chi connectivity index (χ0v) is 14.9. The topological polar surface area (TPSA) is 55.4 Å². The summed E-state index contributed by atoms with van der Waals surface area (Å²) in [5, 5.41) is 3.92. The highest BCUT2D eigenvalue weighted by Crippen LogP contribution is 2.35. The van der Waals surface area contributed by atoms with E-state index in [2.05, 4.69) is 5.32 Å². The van der Waals surface area contributed by atoms with Gasteiger partial charge in [0.15, 0.2) is 6.61 Å². The number of ether oxygens (including phenoxy) is 1. The molecule has 0 saturated carbocycles. The van der Waals surface area contributed by atoms with Crippen molar-refractivity contribution in [3.05, 3.63) is 70.1 Å². The number of benzene rings is 2. The Morgan fingerprint density at radius 1 is 1.04 bits per heavy atom. The molecule has 0 unspecified atom stereocenters. The minimum Gasteiger partial charge on any atom is -0.451 e. The van der Waals surface area contributed by atoms with Gasteiger partial charge in [0.2, 0.25) is 0 Å². The first-order valence-electron chi connectivity index (χ1n) is 7.80. The maximum Gasteiger partial charge on any atom is 0.350 e. The van der Waals surface area contributed by atoms with Gasteiger partial charge in [-0.25, -0.2) is 4.79 Å². The lowest BCUT2D eigenvalue weighted by atomic mass is 10.1. The zero-order chi connectivity index (χ0) is 17.6. The Bertz CT molecular complexity index is 892. The van der Waals surface area contributed by atoms with Gasteiger partial charge in [-0.3, -0.25) is 4.79 Å². The monoisotopic (exact) mass is 373 g/mol. The van der Waals surface area contributed by atoms with Gasteiger partial charge in [-0.15, -0.1) is 11.3 Å². The Balaban J connectivity index is 1.49. The first-order chi connectivity index (χ1) is 12.1. The van der Waals surface area contributed by atoms with Gasteiger partial charge in [-0.2, -0.15) is 0 Å². The molecule has 0 aliphatic carbocycles. The van der Waals surface area contributed by atoms with Crippen LogP contribution in [0.4, 0.5) is 0 Å². The number of amides is 1. The molecule has 1 N–H and O–H groups in total. The molecule has 2 aromatic carbocycles. The Hall–Kier alpha value is -2.37. The number of hydrogen-bond donors (Lipinski definition) is 1. The second-order valence-corrected chi connectivity index (χ2v) is 6.83. The second kappa shape index (κ2) is 8.14. The summed E-state index contributed by atoms with van der Waals surface area (Å²) in [5.74, 6) is -0.911. The van der Waals surface area contributed by atoms with E-state index in [1.807, 2.05) is 54.6 Å². The highest BCUT2D eigenvalue weighted by Gasteiger charge is 2.19. The van der Waals surface area contributed by atoms with Crippen LogP contribution < -0.4 is 5.32 Å². The van der Waals surface area contributed by atoms with Crippen LogP contribution in [-0.2, 0) is 16.0 Å². The minimum atomic E-state index is -0.579. The standard InChI is InChI=1S/C19H16ClNO3S/c20-17-14-8-4-5-9-15(14)25-18(17)19(23)24-12-16(22)21-11-10-13-6-2-1-3-7-13/h1-9H,10-12H2,(H,21,22). The number of rotatable bonds is 6. The van der Waals surface area contributed by atoms with Crippen LogP contribution in [0.1, 0.15) is 15.2 Å². The molecule has 0 aliphatic rings. The van der Waals surface area contributed by atoms with Gasteiger partial charge in [-0.1, -0.05) is 60.1 Å². The minimum absolute atomic E-state index is 0.319. The van der Waals surface area contributed by atoms with Crippen molar-refractivity contribution in [3.8, 4) is 0 Å². The molecule has 0 radical (unpaired) electrons. The third-order valence-electron chi connectivity index (χ3n) is 3.63. The molecule has 0 atom stereocenters. The van der Waals surface area contributed by atoms with Crippen molar-refractivity contribution in [2.45, 2.75) is 6.42 Å². The smallest absolute Gasteiger partial charge is 0.350 e. The Morgan fingerprint density at radius 2 is 1.76 bits per heavy atom. The van der Waals surface area contributed by atoms with Crippen LogP contribution in [0.15, 0.2) is 54.6 Å². The number of halogens is 1. The molecule has 4 nitrogen and oxygen atoms in total. The highest BCUT2D eigenvalue weighted by molar-refractivity contribution is 7.21. The Labute approximate surface area is 154 Å². The molecule has 0 saturated heterocycles. The van der Waals surface area contributed by atoms with Gasteiger partial charge < -0.3 is 10.1 Å². The quantitative estimate of drug-likeness (QED) is 0.662. The third-order valence-corrected chi connectivity index (χ3v) is 5.29. The first kappa shape index (κ1) is 17.5. The number of esters is 1. The molecule has 6 heteroatoms. The molecule has 0 spiro atoms. The fourth-order valence-electron chi connectivity index (χ4n) is 2.38. The van der Waals surface area contributed by atoms with Gasteiger partial charge in [0.05, 0.1) is 5.02 Å². The zero-order valence-electron chi connectivity index (χ0n) is 13.3. The summed E-state index contributed by atoms with van der Waals surface area (Å²) in [5.41, 5.74) is 1.14. The van der Waals surface area contributed by atoms with Crippen molar-refractivity contribution in [3.63, 3.8) is 0 Å². The van der Waals surface area contributed by atoms with Crippen LogP contribution in [0.2, 0.25) is 5.02 Å². The number of thiophene rings is 1.